The summed E-state index contributed by atoms with van der Waals surface area (Å²) in [5, 5.41) is 13.3. The number of benzene rings is 1. The lowest BCUT2D eigenvalue weighted by molar-refractivity contribution is 0.0463. The van der Waals surface area contributed by atoms with Crippen molar-refractivity contribution < 1.29 is 9.90 Å². The van der Waals surface area contributed by atoms with E-state index in [1.807, 2.05) is 31.2 Å². The molecule has 1 fully saturated rings. The van der Waals surface area contributed by atoms with Crippen molar-refractivity contribution >= 4 is 23.5 Å². The van der Waals surface area contributed by atoms with Gasteiger partial charge in [0.25, 0.3) is 0 Å². The minimum absolute atomic E-state index is 0.127. The maximum Gasteiger partial charge on any atom is 0.321 e. The second-order valence-electron chi connectivity index (χ2n) is 5.87. The first-order valence-electron chi connectivity index (χ1n) is 7.47. The molecular weight excluding hydrogens is 284 g/mol. The van der Waals surface area contributed by atoms with Crippen molar-refractivity contribution in [2.75, 3.05) is 18.4 Å². The molecule has 1 aliphatic heterocycles. The summed E-state index contributed by atoms with van der Waals surface area (Å²) in [5.74, 6) is 0.262. The number of urea groups is 1. The van der Waals surface area contributed by atoms with E-state index < -0.39 is 6.10 Å². The van der Waals surface area contributed by atoms with Crippen LogP contribution >= 0.6 is 11.8 Å². The first-order chi connectivity index (χ1) is 9.97. The van der Waals surface area contributed by atoms with E-state index in [4.69, 9.17) is 0 Å². The molecule has 2 N–H and O–H groups in total. The molecule has 1 saturated heterocycles. The van der Waals surface area contributed by atoms with Crippen LogP contribution in [0.25, 0.3) is 0 Å². The van der Waals surface area contributed by atoms with Crippen LogP contribution in [0.4, 0.5) is 10.5 Å². The molecule has 1 heterocycles. The Balaban J connectivity index is 2.03. The standard InChI is InChI=1S/C16H24N2O2S/c1-11(2)21-15-7-5-4-6-13(15)17-16(20)18-9-8-12(3)14(19)10-18/h4-7,11-12,14,19H,8-10H2,1-3H3,(H,17,20). The van der Waals surface area contributed by atoms with E-state index in [1.165, 1.54) is 0 Å². The number of anilines is 1. The maximum atomic E-state index is 12.4. The smallest absolute Gasteiger partial charge is 0.321 e. The van der Waals surface area contributed by atoms with Crippen LogP contribution in [0.1, 0.15) is 27.2 Å². The molecule has 2 unspecified atom stereocenters. The number of likely N-dealkylation sites (tertiary alicyclic amines) is 1. The van der Waals surface area contributed by atoms with E-state index in [1.54, 1.807) is 16.7 Å². The highest BCUT2D eigenvalue weighted by Crippen LogP contribution is 2.30. The predicted molar refractivity (Wildman–Crippen MR) is 87.8 cm³/mol. The number of aliphatic hydroxyl groups excluding tert-OH is 1. The first-order valence-corrected chi connectivity index (χ1v) is 8.35. The molecule has 21 heavy (non-hydrogen) atoms. The van der Waals surface area contributed by atoms with Crippen molar-refractivity contribution in [2.45, 2.75) is 43.4 Å². The Labute approximate surface area is 130 Å². The Kier molecular flexibility index (Phi) is 5.53. The first kappa shape index (κ1) is 16.2. The van der Waals surface area contributed by atoms with E-state index in [9.17, 15) is 9.90 Å². The third kappa shape index (κ3) is 4.38. The SMILES string of the molecule is CC(C)Sc1ccccc1NC(=O)N1CCC(C)C(O)C1. The molecule has 2 atom stereocenters. The van der Waals surface area contributed by atoms with Crippen molar-refractivity contribution in [2.24, 2.45) is 5.92 Å². The monoisotopic (exact) mass is 308 g/mol. The van der Waals surface area contributed by atoms with Gasteiger partial charge in [0.15, 0.2) is 0 Å². The van der Waals surface area contributed by atoms with Crippen LogP contribution in [0.2, 0.25) is 0 Å². The van der Waals surface area contributed by atoms with Gasteiger partial charge >= 0.3 is 6.03 Å². The molecule has 116 valence electrons. The molecule has 1 aromatic carbocycles. The number of thioether (sulfide) groups is 1. The van der Waals surface area contributed by atoms with Crippen LogP contribution in [-0.2, 0) is 0 Å². The van der Waals surface area contributed by atoms with E-state index >= 15 is 0 Å². The van der Waals surface area contributed by atoms with Crippen LogP contribution in [0, 0.1) is 5.92 Å². The van der Waals surface area contributed by atoms with Gasteiger partial charge in [-0.3, -0.25) is 0 Å². The molecule has 0 aliphatic carbocycles. The lowest BCUT2D eigenvalue weighted by atomic mass is 9.96. The summed E-state index contributed by atoms with van der Waals surface area (Å²) in [5.41, 5.74) is 0.842. The zero-order chi connectivity index (χ0) is 15.4. The highest BCUT2D eigenvalue weighted by atomic mass is 32.2. The van der Waals surface area contributed by atoms with Gasteiger partial charge in [0.2, 0.25) is 0 Å². The number of β-amino-alcohol motifs (C(OH)–C–C–N with tert-alkyl or cyclic N) is 1. The minimum Gasteiger partial charge on any atom is -0.391 e. The number of carbonyl (C=O) groups excluding carboxylic acids is 1. The number of hydrogen-bond donors (Lipinski definition) is 2. The quantitative estimate of drug-likeness (QED) is 0.841. The molecule has 0 spiro atoms. The third-order valence-corrected chi connectivity index (χ3v) is 4.78. The average Bonchev–Trinajstić information content (AvgIpc) is 2.43. The second-order valence-corrected chi connectivity index (χ2v) is 7.49. The number of aliphatic hydroxyl groups is 1. The molecule has 2 amide bonds. The fraction of sp³-hybridized carbons (Fsp3) is 0.562. The van der Waals surface area contributed by atoms with Crippen molar-refractivity contribution in [3.05, 3.63) is 24.3 Å². The molecule has 2 rings (SSSR count). The topological polar surface area (TPSA) is 52.6 Å². The van der Waals surface area contributed by atoms with Gasteiger partial charge in [0, 0.05) is 23.2 Å². The molecule has 0 saturated carbocycles. The maximum absolute atomic E-state index is 12.4. The van der Waals surface area contributed by atoms with Crippen molar-refractivity contribution in [3.8, 4) is 0 Å². The summed E-state index contributed by atoms with van der Waals surface area (Å²) in [6.07, 6.45) is 0.418. The molecule has 1 aliphatic rings. The zero-order valence-corrected chi connectivity index (χ0v) is 13.7. The Bertz CT molecular complexity index is 493. The Morgan fingerprint density at radius 3 is 2.81 bits per heavy atom. The van der Waals surface area contributed by atoms with E-state index in [0.717, 1.165) is 17.0 Å². The van der Waals surface area contributed by atoms with Crippen LogP contribution < -0.4 is 5.32 Å². The Hall–Kier alpha value is -1.20. The molecular formula is C16H24N2O2S. The molecule has 0 radical (unpaired) electrons. The van der Waals surface area contributed by atoms with Gasteiger partial charge in [-0.05, 0) is 24.5 Å². The number of piperidine rings is 1. The van der Waals surface area contributed by atoms with E-state index in [-0.39, 0.29) is 11.9 Å². The number of para-hydroxylation sites is 1. The van der Waals surface area contributed by atoms with Crippen LogP contribution in [0.5, 0.6) is 0 Å². The summed E-state index contributed by atoms with van der Waals surface area (Å²) in [6.45, 7) is 7.39. The summed E-state index contributed by atoms with van der Waals surface area (Å²) < 4.78 is 0. The van der Waals surface area contributed by atoms with Crippen molar-refractivity contribution in [1.82, 2.24) is 4.90 Å². The van der Waals surface area contributed by atoms with Gasteiger partial charge in [-0.1, -0.05) is 32.9 Å². The fourth-order valence-electron chi connectivity index (χ4n) is 2.35. The van der Waals surface area contributed by atoms with Gasteiger partial charge in [0.1, 0.15) is 0 Å². The van der Waals surface area contributed by atoms with Gasteiger partial charge in [-0.25, -0.2) is 4.79 Å². The minimum atomic E-state index is -0.426. The summed E-state index contributed by atoms with van der Waals surface area (Å²) in [7, 11) is 0. The van der Waals surface area contributed by atoms with Crippen LogP contribution in [0.3, 0.4) is 0 Å². The van der Waals surface area contributed by atoms with Gasteiger partial charge < -0.3 is 15.3 Å². The number of hydrogen-bond acceptors (Lipinski definition) is 3. The molecule has 4 nitrogen and oxygen atoms in total. The Morgan fingerprint density at radius 1 is 1.43 bits per heavy atom. The summed E-state index contributed by atoms with van der Waals surface area (Å²) in [6, 6.07) is 7.72. The van der Waals surface area contributed by atoms with E-state index in [2.05, 4.69) is 19.2 Å². The van der Waals surface area contributed by atoms with Crippen molar-refractivity contribution in [3.63, 3.8) is 0 Å². The molecule has 5 heteroatoms. The summed E-state index contributed by atoms with van der Waals surface area (Å²) in [4.78, 5) is 15.1. The molecule has 0 aromatic heterocycles. The second kappa shape index (κ2) is 7.18. The number of carbonyl (C=O) groups is 1. The average molecular weight is 308 g/mol. The zero-order valence-electron chi connectivity index (χ0n) is 12.9. The number of nitrogens with zero attached hydrogens (tertiary/aromatic N) is 1. The van der Waals surface area contributed by atoms with Crippen LogP contribution in [0.15, 0.2) is 29.2 Å². The van der Waals surface area contributed by atoms with Gasteiger partial charge in [-0.2, -0.15) is 0 Å². The summed E-state index contributed by atoms with van der Waals surface area (Å²) >= 11 is 1.73. The molecule has 0 bridgehead atoms. The van der Waals surface area contributed by atoms with Gasteiger partial charge in [-0.15, -0.1) is 11.8 Å². The normalized spacial score (nSPS) is 22.4. The highest BCUT2D eigenvalue weighted by molar-refractivity contribution is 8.00. The number of amides is 2. The predicted octanol–water partition coefficient (Wildman–Crippen LogP) is 3.42. The van der Waals surface area contributed by atoms with E-state index in [0.29, 0.717) is 18.3 Å². The van der Waals surface area contributed by atoms with Gasteiger partial charge in [0.05, 0.1) is 11.8 Å². The highest BCUT2D eigenvalue weighted by Gasteiger charge is 2.27. The van der Waals surface area contributed by atoms with Crippen molar-refractivity contribution in [1.29, 1.82) is 0 Å². The number of rotatable bonds is 3. The van der Waals surface area contributed by atoms with Crippen LogP contribution in [-0.4, -0.2) is 40.5 Å². The lowest BCUT2D eigenvalue weighted by Gasteiger charge is -2.34. The largest absolute Gasteiger partial charge is 0.391 e. The number of nitrogens with one attached hydrogen (secondary N) is 1. The Morgan fingerprint density at radius 2 is 2.14 bits per heavy atom. The fourth-order valence-corrected chi connectivity index (χ4v) is 3.27. The molecule has 1 aromatic rings. The lowest BCUT2D eigenvalue weighted by Crippen LogP contribution is -2.47. The third-order valence-electron chi connectivity index (χ3n) is 3.70.